The Morgan fingerprint density at radius 2 is 0.479 bits per heavy atom. The SMILES string of the molecule is CCCCCCCCCCCCCCCCCCCCC(=O)OC[C@H](COP(=O)(O)OC[C@@H](O)COP(=O)(O)OC[C@@H](COC(=O)CCCCCCCCCCC)OC(=O)CCCCCCCCCC(C)C)OC(=O)CCCCCCCCCCCCCCCCCCC(C)C. The molecule has 5 atom stereocenters. The van der Waals surface area contributed by atoms with Gasteiger partial charge in [-0.15, -0.1) is 0 Å². The van der Waals surface area contributed by atoms with Crippen LogP contribution in [0.3, 0.4) is 0 Å². The number of phosphoric acid groups is 2. The smallest absolute Gasteiger partial charge is 0.462 e. The largest absolute Gasteiger partial charge is 0.472 e. The molecule has 0 spiro atoms. The average molecular weight is 1410 g/mol. The van der Waals surface area contributed by atoms with Gasteiger partial charge in [0.1, 0.15) is 19.3 Å². The molecule has 0 aromatic carbocycles. The number of ether oxygens (including phenoxy) is 4. The van der Waals surface area contributed by atoms with Crippen molar-refractivity contribution in [2.45, 2.75) is 419 Å². The minimum Gasteiger partial charge on any atom is -0.462 e. The molecule has 0 aromatic rings. The van der Waals surface area contributed by atoms with Crippen LogP contribution >= 0.6 is 15.6 Å². The lowest BCUT2D eigenvalue weighted by Crippen LogP contribution is -2.30. The second-order valence-electron chi connectivity index (χ2n) is 28.7. The topological polar surface area (TPSA) is 237 Å². The Balaban J connectivity index is 5.19. The highest BCUT2D eigenvalue weighted by Crippen LogP contribution is 2.45. The van der Waals surface area contributed by atoms with Crippen molar-refractivity contribution >= 4 is 39.5 Å². The quantitative estimate of drug-likeness (QED) is 0.0222. The number of aliphatic hydroxyl groups is 1. The van der Waals surface area contributed by atoms with Crippen LogP contribution in [0, 0.1) is 11.8 Å². The van der Waals surface area contributed by atoms with E-state index in [0.717, 1.165) is 95.8 Å². The summed E-state index contributed by atoms with van der Waals surface area (Å²) in [6.45, 7) is 9.55. The van der Waals surface area contributed by atoms with Crippen LogP contribution in [0.25, 0.3) is 0 Å². The standard InChI is InChI=1S/C77H150O17P2/c1-7-9-11-13-15-17-18-19-20-21-22-26-29-32-36-42-48-54-60-75(80)88-65-72(93-76(81)61-55-49-43-37-33-30-27-24-23-25-28-31-35-39-45-51-57-69(3)4)67-91-95(83,84)89-63-71(78)64-90-96(85,86)92-68-73(66-87-74(79)59-53-47-41-34-16-14-12-10-8-2)94-77(82)62-56-50-44-38-40-46-52-58-70(5)6/h69-73,78H,7-68H2,1-6H3,(H,83,84)(H,85,86)/t71-,72-,73-/m1/s1. The zero-order valence-corrected chi connectivity index (χ0v) is 64.5. The summed E-state index contributed by atoms with van der Waals surface area (Å²) >= 11 is 0. The molecule has 0 aliphatic heterocycles. The van der Waals surface area contributed by atoms with Crippen LogP contribution in [-0.2, 0) is 65.4 Å². The normalized spacial score (nSPS) is 14.0. The molecule has 17 nitrogen and oxygen atoms in total. The molecule has 570 valence electrons. The third-order valence-electron chi connectivity index (χ3n) is 18.0. The minimum absolute atomic E-state index is 0.104. The first-order valence-electron chi connectivity index (χ1n) is 40.0. The van der Waals surface area contributed by atoms with Gasteiger partial charge < -0.3 is 33.8 Å². The number of aliphatic hydroxyl groups excluding tert-OH is 1. The summed E-state index contributed by atoms with van der Waals surface area (Å²) in [5.41, 5.74) is 0. The van der Waals surface area contributed by atoms with Crippen molar-refractivity contribution < 1.29 is 80.2 Å². The van der Waals surface area contributed by atoms with Gasteiger partial charge in [-0.25, -0.2) is 9.13 Å². The molecule has 0 bridgehead atoms. The van der Waals surface area contributed by atoms with Crippen molar-refractivity contribution in [3.8, 4) is 0 Å². The van der Waals surface area contributed by atoms with Crippen molar-refractivity contribution in [2.24, 2.45) is 11.8 Å². The van der Waals surface area contributed by atoms with Gasteiger partial charge in [-0.2, -0.15) is 0 Å². The third-order valence-corrected chi connectivity index (χ3v) is 19.9. The van der Waals surface area contributed by atoms with E-state index in [-0.39, 0.29) is 25.7 Å². The number of esters is 4. The summed E-state index contributed by atoms with van der Waals surface area (Å²) in [5.74, 6) is -0.613. The molecule has 3 N–H and O–H groups in total. The van der Waals surface area contributed by atoms with Crippen molar-refractivity contribution in [3.63, 3.8) is 0 Å². The number of carbonyl (C=O) groups excluding carboxylic acids is 4. The molecule has 0 saturated carbocycles. The average Bonchev–Trinajstić information content (AvgIpc) is 1.64. The fourth-order valence-electron chi connectivity index (χ4n) is 11.8. The maximum Gasteiger partial charge on any atom is 0.472 e. The van der Waals surface area contributed by atoms with Crippen LogP contribution in [0.2, 0.25) is 0 Å². The fraction of sp³-hybridized carbons (Fsp3) is 0.948. The number of carbonyl (C=O) groups is 4. The van der Waals surface area contributed by atoms with E-state index in [1.54, 1.807) is 0 Å². The molecule has 0 amide bonds. The number of rotatable bonds is 76. The van der Waals surface area contributed by atoms with Crippen LogP contribution in [0.5, 0.6) is 0 Å². The van der Waals surface area contributed by atoms with Gasteiger partial charge in [-0.05, 0) is 37.5 Å². The molecule has 0 radical (unpaired) electrons. The second kappa shape index (κ2) is 68.8. The molecular formula is C77H150O17P2. The maximum absolute atomic E-state index is 13.1. The number of unbranched alkanes of at least 4 members (excludes halogenated alkanes) is 46. The van der Waals surface area contributed by atoms with Crippen molar-refractivity contribution in [2.75, 3.05) is 39.6 Å². The summed E-state index contributed by atoms with van der Waals surface area (Å²) < 4.78 is 68.5. The Labute approximate surface area is 588 Å². The highest BCUT2D eigenvalue weighted by Gasteiger charge is 2.30. The molecule has 0 fully saturated rings. The lowest BCUT2D eigenvalue weighted by molar-refractivity contribution is -0.161. The Hall–Kier alpha value is -1.94. The van der Waals surface area contributed by atoms with Gasteiger partial charge in [0.05, 0.1) is 26.4 Å². The third kappa shape index (κ3) is 70.5. The Kier molecular flexibility index (Phi) is 67.4. The molecule has 19 heteroatoms. The molecule has 2 unspecified atom stereocenters. The first-order chi connectivity index (χ1) is 46.4. The van der Waals surface area contributed by atoms with E-state index in [2.05, 4.69) is 41.5 Å². The van der Waals surface area contributed by atoms with E-state index in [9.17, 15) is 43.2 Å². The van der Waals surface area contributed by atoms with Gasteiger partial charge in [0.2, 0.25) is 0 Å². The number of phosphoric ester groups is 2. The van der Waals surface area contributed by atoms with Gasteiger partial charge in [0.25, 0.3) is 0 Å². The van der Waals surface area contributed by atoms with E-state index in [4.69, 9.17) is 37.0 Å². The lowest BCUT2D eigenvalue weighted by atomic mass is 10.0. The minimum atomic E-state index is -4.96. The molecule has 96 heavy (non-hydrogen) atoms. The first kappa shape index (κ1) is 94.1. The molecule has 0 saturated heterocycles. The summed E-state index contributed by atoms with van der Waals surface area (Å²) in [6.07, 6.45) is 57.1. The Morgan fingerprint density at radius 1 is 0.281 bits per heavy atom. The van der Waals surface area contributed by atoms with Gasteiger partial charge in [0, 0.05) is 25.7 Å². The van der Waals surface area contributed by atoms with Crippen LogP contribution in [0.15, 0.2) is 0 Å². The molecule has 0 heterocycles. The number of hydrogen-bond acceptors (Lipinski definition) is 15. The first-order valence-corrected chi connectivity index (χ1v) is 43.0. The van der Waals surface area contributed by atoms with E-state index in [1.165, 1.54) is 218 Å². The number of hydrogen-bond donors (Lipinski definition) is 3. The molecular weight excluding hydrogens is 1260 g/mol. The van der Waals surface area contributed by atoms with E-state index in [0.29, 0.717) is 31.6 Å². The lowest BCUT2D eigenvalue weighted by Gasteiger charge is -2.21. The van der Waals surface area contributed by atoms with E-state index < -0.39 is 97.5 Å². The zero-order chi connectivity index (χ0) is 70.7. The highest BCUT2D eigenvalue weighted by molar-refractivity contribution is 7.47. The van der Waals surface area contributed by atoms with Crippen molar-refractivity contribution in [1.82, 2.24) is 0 Å². The van der Waals surface area contributed by atoms with E-state index >= 15 is 0 Å². The predicted octanol–water partition coefficient (Wildman–Crippen LogP) is 22.7. The van der Waals surface area contributed by atoms with Gasteiger partial charge in [-0.1, -0.05) is 350 Å². The maximum atomic E-state index is 13.1. The Morgan fingerprint density at radius 3 is 0.708 bits per heavy atom. The summed E-state index contributed by atoms with van der Waals surface area (Å²) in [5, 5.41) is 10.6. The van der Waals surface area contributed by atoms with Gasteiger partial charge >= 0.3 is 39.5 Å². The highest BCUT2D eigenvalue weighted by atomic mass is 31.2. The van der Waals surface area contributed by atoms with Crippen LogP contribution in [0.4, 0.5) is 0 Å². The second-order valence-corrected chi connectivity index (χ2v) is 31.6. The van der Waals surface area contributed by atoms with Crippen molar-refractivity contribution in [3.05, 3.63) is 0 Å². The fourth-order valence-corrected chi connectivity index (χ4v) is 13.4. The summed E-state index contributed by atoms with van der Waals surface area (Å²) in [4.78, 5) is 72.7. The predicted molar refractivity (Wildman–Crippen MR) is 391 cm³/mol. The summed E-state index contributed by atoms with van der Waals surface area (Å²) in [7, 11) is -9.91. The van der Waals surface area contributed by atoms with E-state index in [1.807, 2.05) is 0 Å². The van der Waals surface area contributed by atoms with Crippen LogP contribution in [-0.4, -0.2) is 96.7 Å². The monoisotopic (exact) mass is 1410 g/mol. The molecule has 0 aliphatic rings. The van der Waals surface area contributed by atoms with Crippen molar-refractivity contribution in [1.29, 1.82) is 0 Å². The molecule has 0 rings (SSSR count). The summed E-state index contributed by atoms with van der Waals surface area (Å²) in [6, 6.07) is 0. The van der Waals surface area contributed by atoms with Gasteiger partial charge in [-0.3, -0.25) is 37.3 Å². The molecule has 0 aromatic heterocycles. The zero-order valence-electron chi connectivity index (χ0n) is 62.7. The Bertz CT molecular complexity index is 1860. The van der Waals surface area contributed by atoms with Gasteiger partial charge in [0.15, 0.2) is 12.2 Å². The molecule has 0 aliphatic carbocycles. The van der Waals surface area contributed by atoms with Crippen LogP contribution < -0.4 is 0 Å². The van der Waals surface area contributed by atoms with Crippen LogP contribution in [0.1, 0.15) is 401 Å².